The fourth-order valence-electron chi connectivity index (χ4n) is 2.67. The van der Waals surface area contributed by atoms with Crippen molar-refractivity contribution in [3.8, 4) is 11.5 Å². The second-order valence-electron chi connectivity index (χ2n) is 5.44. The number of carboxylic acids is 1. The van der Waals surface area contributed by atoms with E-state index in [1.165, 1.54) is 4.90 Å². The number of rotatable bonds is 7. The van der Waals surface area contributed by atoms with Crippen LogP contribution in [0.1, 0.15) is 43.5 Å². The molecule has 1 saturated heterocycles. The van der Waals surface area contributed by atoms with Crippen molar-refractivity contribution in [2.24, 2.45) is 0 Å². The van der Waals surface area contributed by atoms with E-state index in [2.05, 4.69) is 0 Å². The van der Waals surface area contributed by atoms with Crippen LogP contribution < -0.4 is 9.47 Å². The molecule has 2 rings (SSSR count). The van der Waals surface area contributed by atoms with E-state index in [9.17, 15) is 14.7 Å². The van der Waals surface area contributed by atoms with Gasteiger partial charge in [0.15, 0.2) is 11.5 Å². The smallest absolute Gasteiger partial charge is 0.326 e. The van der Waals surface area contributed by atoms with Crippen molar-refractivity contribution >= 4 is 11.9 Å². The van der Waals surface area contributed by atoms with Gasteiger partial charge in [-0.1, -0.05) is 6.92 Å². The minimum absolute atomic E-state index is 0.280. The number of benzene rings is 1. The first-order valence-corrected chi connectivity index (χ1v) is 8.01. The molecule has 1 aliphatic heterocycles. The molecule has 1 aliphatic rings. The summed E-state index contributed by atoms with van der Waals surface area (Å²) in [5.74, 6) is -0.124. The van der Waals surface area contributed by atoms with Crippen molar-refractivity contribution in [1.82, 2.24) is 4.90 Å². The highest BCUT2D eigenvalue weighted by atomic mass is 16.5. The number of amides is 1. The minimum Gasteiger partial charge on any atom is -0.490 e. The van der Waals surface area contributed by atoms with E-state index in [-0.39, 0.29) is 5.91 Å². The molecule has 126 valence electrons. The maximum atomic E-state index is 12.6. The molecule has 0 bridgehead atoms. The summed E-state index contributed by atoms with van der Waals surface area (Å²) in [6.07, 6.45) is 2.08. The molecule has 1 heterocycles. The van der Waals surface area contributed by atoms with Crippen LogP contribution in [0.4, 0.5) is 0 Å². The Morgan fingerprint density at radius 2 is 2.04 bits per heavy atom. The minimum atomic E-state index is -0.955. The van der Waals surface area contributed by atoms with Gasteiger partial charge in [-0.2, -0.15) is 0 Å². The zero-order valence-corrected chi connectivity index (χ0v) is 13.6. The molecule has 1 aromatic carbocycles. The third-order valence-electron chi connectivity index (χ3n) is 3.75. The summed E-state index contributed by atoms with van der Waals surface area (Å²) >= 11 is 0. The number of carbonyl (C=O) groups is 2. The highest BCUT2D eigenvalue weighted by Gasteiger charge is 2.34. The molecule has 1 fully saturated rings. The molecule has 23 heavy (non-hydrogen) atoms. The second-order valence-corrected chi connectivity index (χ2v) is 5.44. The Kier molecular flexibility index (Phi) is 5.84. The topological polar surface area (TPSA) is 76.1 Å². The molecular weight excluding hydrogens is 298 g/mol. The summed E-state index contributed by atoms with van der Waals surface area (Å²) in [4.78, 5) is 25.3. The number of hydrogen-bond acceptors (Lipinski definition) is 4. The number of likely N-dealkylation sites (tertiary alicyclic amines) is 1. The Balaban J connectivity index is 2.23. The normalized spacial score (nSPS) is 17.1. The summed E-state index contributed by atoms with van der Waals surface area (Å²) < 4.78 is 11.2. The third-order valence-corrected chi connectivity index (χ3v) is 3.75. The van der Waals surface area contributed by atoms with Gasteiger partial charge < -0.3 is 19.5 Å². The molecule has 0 aliphatic carbocycles. The zero-order valence-electron chi connectivity index (χ0n) is 13.6. The summed E-state index contributed by atoms with van der Waals surface area (Å²) in [6, 6.07) is 4.26. The van der Waals surface area contributed by atoms with Crippen molar-refractivity contribution in [3.05, 3.63) is 23.8 Å². The Labute approximate surface area is 136 Å². The van der Waals surface area contributed by atoms with E-state index in [1.807, 2.05) is 13.8 Å². The van der Waals surface area contributed by atoms with Gasteiger partial charge in [-0.15, -0.1) is 0 Å². The van der Waals surface area contributed by atoms with Gasteiger partial charge in [0.05, 0.1) is 13.2 Å². The van der Waals surface area contributed by atoms with Crippen molar-refractivity contribution in [3.63, 3.8) is 0 Å². The first-order valence-electron chi connectivity index (χ1n) is 8.01. The predicted octanol–water partition coefficient (Wildman–Crippen LogP) is 2.56. The van der Waals surface area contributed by atoms with Gasteiger partial charge in [-0.05, 0) is 44.4 Å². The molecule has 1 atom stereocenters. The summed E-state index contributed by atoms with van der Waals surface area (Å²) in [5.41, 5.74) is 0.422. The number of carbonyl (C=O) groups excluding carboxylic acids is 1. The van der Waals surface area contributed by atoms with E-state index < -0.39 is 12.0 Å². The number of nitrogens with zero attached hydrogens (tertiary/aromatic N) is 1. The van der Waals surface area contributed by atoms with Crippen LogP contribution in [0.2, 0.25) is 0 Å². The lowest BCUT2D eigenvalue weighted by molar-refractivity contribution is -0.141. The van der Waals surface area contributed by atoms with Crippen LogP contribution in [-0.4, -0.2) is 47.7 Å². The molecule has 6 heteroatoms. The molecule has 6 nitrogen and oxygen atoms in total. The molecule has 0 aromatic heterocycles. The van der Waals surface area contributed by atoms with Crippen LogP contribution in [0.5, 0.6) is 11.5 Å². The average Bonchev–Trinajstić information content (AvgIpc) is 3.03. The third kappa shape index (κ3) is 3.94. The fourth-order valence-corrected chi connectivity index (χ4v) is 2.67. The number of carboxylic acid groups (broad SMARTS) is 1. The van der Waals surface area contributed by atoms with Crippen LogP contribution in [0.3, 0.4) is 0 Å². The molecule has 1 amide bonds. The Bertz CT molecular complexity index is 572. The fraction of sp³-hybridized carbons (Fsp3) is 0.529. The lowest BCUT2D eigenvalue weighted by Crippen LogP contribution is -2.40. The van der Waals surface area contributed by atoms with Crippen LogP contribution in [0.25, 0.3) is 0 Å². The van der Waals surface area contributed by atoms with Gasteiger partial charge in [0, 0.05) is 12.1 Å². The highest BCUT2D eigenvalue weighted by Crippen LogP contribution is 2.30. The van der Waals surface area contributed by atoms with Gasteiger partial charge >= 0.3 is 5.97 Å². The zero-order chi connectivity index (χ0) is 16.8. The number of ether oxygens (including phenoxy) is 2. The maximum absolute atomic E-state index is 12.6. The van der Waals surface area contributed by atoms with Gasteiger partial charge in [0.2, 0.25) is 0 Å². The first-order chi connectivity index (χ1) is 11.1. The molecule has 1 N–H and O–H groups in total. The van der Waals surface area contributed by atoms with E-state index >= 15 is 0 Å². The molecule has 0 spiro atoms. The quantitative estimate of drug-likeness (QED) is 0.835. The summed E-state index contributed by atoms with van der Waals surface area (Å²) in [6.45, 7) is 5.37. The van der Waals surface area contributed by atoms with Crippen LogP contribution in [0, 0.1) is 0 Å². The average molecular weight is 321 g/mol. The lowest BCUT2D eigenvalue weighted by atomic mass is 10.1. The molecule has 0 saturated carbocycles. The van der Waals surface area contributed by atoms with Gasteiger partial charge in [-0.25, -0.2) is 4.79 Å². The SMILES string of the molecule is CCCOc1ccc(C(=O)N2CCC[C@@H]2C(=O)O)cc1OCC. The van der Waals surface area contributed by atoms with Crippen molar-refractivity contribution < 1.29 is 24.2 Å². The van der Waals surface area contributed by atoms with Crippen LogP contribution in [0.15, 0.2) is 18.2 Å². The maximum Gasteiger partial charge on any atom is 0.326 e. The molecular formula is C17H23NO5. The monoisotopic (exact) mass is 321 g/mol. The van der Waals surface area contributed by atoms with E-state index in [0.29, 0.717) is 49.7 Å². The molecule has 0 unspecified atom stereocenters. The van der Waals surface area contributed by atoms with Crippen molar-refractivity contribution in [1.29, 1.82) is 0 Å². The molecule has 0 radical (unpaired) electrons. The standard InChI is InChI=1S/C17H23NO5/c1-3-10-23-14-8-7-12(11-15(14)22-4-2)16(19)18-9-5-6-13(18)17(20)21/h7-8,11,13H,3-6,9-10H2,1-2H3,(H,20,21)/t13-/m1/s1. The van der Waals surface area contributed by atoms with E-state index in [1.54, 1.807) is 18.2 Å². The highest BCUT2D eigenvalue weighted by molar-refractivity contribution is 5.97. The lowest BCUT2D eigenvalue weighted by Gasteiger charge is -2.22. The van der Waals surface area contributed by atoms with Gasteiger partial charge in [0.1, 0.15) is 6.04 Å². The van der Waals surface area contributed by atoms with Crippen LogP contribution >= 0.6 is 0 Å². The summed E-state index contributed by atoms with van der Waals surface area (Å²) in [5, 5.41) is 9.22. The second kappa shape index (κ2) is 7.85. The van der Waals surface area contributed by atoms with E-state index in [4.69, 9.17) is 9.47 Å². The van der Waals surface area contributed by atoms with Crippen molar-refractivity contribution in [2.75, 3.05) is 19.8 Å². The Hall–Kier alpha value is -2.24. The predicted molar refractivity (Wildman–Crippen MR) is 85.1 cm³/mol. The number of aliphatic carboxylic acids is 1. The van der Waals surface area contributed by atoms with Crippen molar-refractivity contribution in [2.45, 2.75) is 39.2 Å². The molecule has 1 aromatic rings. The Morgan fingerprint density at radius 1 is 1.26 bits per heavy atom. The Morgan fingerprint density at radius 3 is 2.70 bits per heavy atom. The van der Waals surface area contributed by atoms with Gasteiger partial charge in [-0.3, -0.25) is 4.79 Å². The largest absolute Gasteiger partial charge is 0.490 e. The summed E-state index contributed by atoms with van der Waals surface area (Å²) in [7, 11) is 0. The first kappa shape index (κ1) is 17.1. The van der Waals surface area contributed by atoms with E-state index in [0.717, 1.165) is 6.42 Å². The number of hydrogen-bond donors (Lipinski definition) is 1. The van der Waals surface area contributed by atoms with Crippen LogP contribution in [-0.2, 0) is 4.79 Å². The van der Waals surface area contributed by atoms with Gasteiger partial charge in [0.25, 0.3) is 5.91 Å².